The molecule has 0 unspecified atom stereocenters. The number of nitrogens with one attached hydrogen (secondary N) is 4. The number of hydrogen-bond donors (Lipinski definition) is 4. The average Bonchev–Trinajstić information content (AvgIpc) is 3.90. The second-order valence-corrected chi connectivity index (χ2v) is 8.63. The molecule has 10 heteroatoms. The van der Waals surface area contributed by atoms with E-state index in [1.807, 2.05) is 91.3 Å². The maximum absolute atomic E-state index is 4.06. The molecule has 0 saturated carbocycles. The highest BCUT2D eigenvalue weighted by Gasteiger charge is 1.91. The number of nitrogens with zero attached hydrogens (tertiary/aromatic N) is 6. The molecule has 0 aliphatic carbocycles. The van der Waals surface area contributed by atoms with Gasteiger partial charge in [-0.1, -0.05) is 54.6 Å². The van der Waals surface area contributed by atoms with E-state index in [1.54, 1.807) is 31.2 Å². The second kappa shape index (κ2) is 14.8. The summed E-state index contributed by atoms with van der Waals surface area (Å²) in [6.45, 7) is 0. The molecule has 0 fully saturated rings. The van der Waals surface area contributed by atoms with Crippen molar-refractivity contribution < 1.29 is 0 Å². The van der Waals surface area contributed by atoms with Gasteiger partial charge in [-0.15, -0.1) is 0 Å². The van der Waals surface area contributed by atoms with Gasteiger partial charge < -0.3 is 15.0 Å². The molecule has 0 bridgehead atoms. The number of imidazole rings is 2. The number of fused-ring (bicyclic) bond motifs is 4. The highest BCUT2D eigenvalue weighted by atomic mass is 15.1. The Kier molecular flexibility index (Phi) is 9.69. The van der Waals surface area contributed by atoms with Crippen LogP contribution in [0.15, 0.2) is 147 Å². The topological polar surface area (TPSA) is 140 Å². The Balaban J connectivity index is 0.000000106. The van der Waals surface area contributed by atoms with E-state index in [-0.39, 0.29) is 0 Å². The van der Waals surface area contributed by atoms with Gasteiger partial charge in [-0.05, 0) is 47.9 Å². The summed E-state index contributed by atoms with van der Waals surface area (Å²) in [6, 6.07) is 32.0. The van der Waals surface area contributed by atoms with E-state index in [1.165, 1.54) is 17.2 Å². The van der Waals surface area contributed by atoms with Gasteiger partial charge >= 0.3 is 0 Å². The first-order chi connectivity index (χ1) is 20.9. The Morgan fingerprint density at radius 1 is 0.476 bits per heavy atom. The van der Waals surface area contributed by atoms with E-state index >= 15 is 0 Å². The molecule has 4 N–H and O–H groups in total. The maximum atomic E-state index is 4.06. The zero-order valence-electron chi connectivity index (χ0n) is 22.5. The highest BCUT2D eigenvalue weighted by molar-refractivity contribution is 5.79. The number of pyridine rings is 1. The number of H-pyrrole nitrogens is 4. The lowest BCUT2D eigenvalue weighted by molar-refractivity contribution is 1.12. The molecule has 9 rings (SSSR count). The van der Waals surface area contributed by atoms with Gasteiger partial charge in [0.05, 0.1) is 41.6 Å². The Bertz CT molecular complexity index is 1610. The summed E-state index contributed by atoms with van der Waals surface area (Å²) in [6.07, 6.45) is 13.7. The van der Waals surface area contributed by atoms with Gasteiger partial charge in [-0.25, -0.2) is 19.9 Å². The standard InChI is InChI=1S/C8H7N.2C7H6N2.C5H4N4.C5H5N/c1-2-4-8-7(3-1)5-6-9-8;1-2-4-7-6(3-1)8-5-9-7;1-2-4-7-6(3-1)5-8-9-7;1-4-5(8-2-6-1)9-3-7-4;1-2-4-6-5-3-1/h1-6,9H;2*1-5H,(H,8,9);1-3H,(H,6,7,8,9);1-5H. The maximum Gasteiger partial charge on any atom is 0.180 e. The average molecular weight is 553 g/mol. The third-order valence-electron chi connectivity index (χ3n) is 5.80. The number of benzene rings is 3. The summed E-state index contributed by atoms with van der Waals surface area (Å²) >= 11 is 0. The summed E-state index contributed by atoms with van der Waals surface area (Å²) < 4.78 is 0. The van der Waals surface area contributed by atoms with Crippen molar-refractivity contribution in [1.82, 2.24) is 50.1 Å². The molecule has 0 spiro atoms. The molecule has 6 heterocycles. The van der Waals surface area contributed by atoms with Gasteiger partial charge in [0.15, 0.2) is 5.65 Å². The number of aromatic amines is 4. The van der Waals surface area contributed by atoms with E-state index in [0.717, 1.165) is 27.5 Å². The van der Waals surface area contributed by atoms with Crippen molar-refractivity contribution in [1.29, 1.82) is 0 Å². The summed E-state index contributed by atoms with van der Waals surface area (Å²) in [5.74, 6) is 0. The van der Waals surface area contributed by atoms with E-state index in [4.69, 9.17) is 0 Å². The van der Waals surface area contributed by atoms with Crippen LogP contribution in [0.5, 0.6) is 0 Å². The molecule has 3 aromatic carbocycles. The summed E-state index contributed by atoms with van der Waals surface area (Å²) in [4.78, 5) is 28.5. The SMILES string of the molecule is c1ccc2[nH]ccc2c1.c1ccc2[nH]cnc2c1.c1ccc2[nH]ncc2c1.c1ccncc1.c1ncc2[nH]cnc2n1. The predicted octanol–water partition coefficient (Wildman–Crippen LogP) is 6.73. The summed E-state index contributed by atoms with van der Waals surface area (Å²) in [5.41, 5.74) is 6.01. The minimum atomic E-state index is 0.713. The number of para-hydroxylation sites is 4. The molecule has 206 valence electrons. The fourth-order valence-corrected chi connectivity index (χ4v) is 3.76. The van der Waals surface area contributed by atoms with Crippen LogP contribution in [0.25, 0.3) is 44.0 Å². The van der Waals surface area contributed by atoms with Crippen molar-refractivity contribution in [2.24, 2.45) is 0 Å². The molecule has 0 aliphatic rings. The smallest absolute Gasteiger partial charge is 0.180 e. The van der Waals surface area contributed by atoms with Crippen LogP contribution in [-0.2, 0) is 0 Å². The van der Waals surface area contributed by atoms with Crippen molar-refractivity contribution in [2.75, 3.05) is 0 Å². The van der Waals surface area contributed by atoms with E-state index in [9.17, 15) is 0 Å². The molecule has 0 radical (unpaired) electrons. The number of rotatable bonds is 0. The highest BCUT2D eigenvalue weighted by Crippen LogP contribution is 2.09. The Hall–Kier alpha value is -6.16. The molecular weight excluding hydrogens is 524 g/mol. The van der Waals surface area contributed by atoms with Crippen LogP contribution in [0, 0.1) is 0 Å². The molecular formula is C32H28N10. The molecule has 9 aromatic rings. The third kappa shape index (κ3) is 7.93. The molecule has 42 heavy (non-hydrogen) atoms. The molecule has 10 nitrogen and oxygen atoms in total. The van der Waals surface area contributed by atoms with Crippen LogP contribution in [0.3, 0.4) is 0 Å². The van der Waals surface area contributed by atoms with E-state index in [0.29, 0.717) is 5.65 Å². The van der Waals surface area contributed by atoms with Crippen LogP contribution in [0.4, 0.5) is 0 Å². The lowest BCUT2D eigenvalue weighted by Crippen LogP contribution is -1.76. The van der Waals surface area contributed by atoms with Gasteiger partial charge in [-0.3, -0.25) is 10.1 Å². The molecule has 0 saturated heterocycles. The summed E-state index contributed by atoms with van der Waals surface area (Å²) in [5, 5.41) is 9.19. The quantitative estimate of drug-likeness (QED) is 0.164. The Morgan fingerprint density at radius 2 is 1.19 bits per heavy atom. The van der Waals surface area contributed by atoms with Crippen LogP contribution in [0.2, 0.25) is 0 Å². The molecule has 0 aliphatic heterocycles. The Labute approximate surface area is 241 Å². The fourth-order valence-electron chi connectivity index (χ4n) is 3.76. The van der Waals surface area contributed by atoms with Gasteiger partial charge in [-0.2, -0.15) is 5.10 Å². The molecule has 0 amide bonds. The largest absolute Gasteiger partial charge is 0.361 e. The van der Waals surface area contributed by atoms with E-state index in [2.05, 4.69) is 68.3 Å². The van der Waals surface area contributed by atoms with Crippen molar-refractivity contribution in [3.8, 4) is 0 Å². The first-order valence-electron chi connectivity index (χ1n) is 13.1. The van der Waals surface area contributed by atoms with Crippen molar-refractivity contribution in [3.63, 3.8) is 0 Å². The third-order valence-corrected chi connectivity index (χ3v) is 5.80. The van der Waals surface area contributed by atoms with Crippen molar-refractivity contribution in [2.45, 2.75) is 0 Å². The van der Waals surface area contributed by atoms with Crippen molar-refractivity contribution >= 4 is 44.0 Å². The van der Waals surface area contributed by atoms with Gasteiger partial charge in [0.1, 0.15) is 11.8 Å². The monoisotopic (exact) mass is 552 g/mol. The lowest BCUT2D eigenvalue weighted by Gasteiger charge is -1.83. The van der Waals surface area contributed by atoms with Gasteiger partial charge in [0, 0.05) is 29.5 Å². The normalized spacial score (nSPS) is 9.90. The predicted molar refractivity (Wildman–Crippen MR) is 166 cm³/mol. The van der Waals surface area contributed by atoms with Gasteiger partial charge in [0.2, 0.25) is 0 Å². The zero-order valence-corrected chi connectivity index (χ0v) is 22.5. The second-order valence-electron chi connectivity index (χ2n) is 8.63. The van der Waals surface area contributed by atoms with Crippen LogP contribution >= 0.6 is 0 Å². The summed E-state index contributed by atoms with van der Waals surface area (Å²) in [7, 11) is 0. The van der Waals surface area contributed by atoms with Crippen LogP contribution < -0.4 is 0 Å². The first-order valence-corrected chi connectivity index (χ1v) is 13.1. The van der Waals surface area contributed by atoms with Crippen LogP contribution in [-0.4, -0.2) is 50.1 Å². The van der Waals surface area contributed by atoms with E-state index < -0.39 is 0 Å². The number of hydrogen-bond acceptors (Lipinski definition) is 6. The van der Waals surface area contributed by atoms with Crippen LogP contribution in [0.1, 0.15) is 0 Å². The molecule has 0 atom stereocenters. The zero-order chi connectivity index (χ0) is 28.7. The minimum absolute atomic E-state index is 0.713. The molecule has 6 aromatic heterocycles. The van der Waals surface area contributed by atoms with Crippen molar-refractivity contribution in [3.05, 3.63) is 147 Å². The lowest BCUT2D eigenvalue weighted by atomic mass is 10.3. The minimum Gasteiger partial charge on any atom is -0.361 e. The fraction of sp³-hybridized carbons (Fsp3) is 0. The Morgan fingerprint density at radius 3 is 1.90 bits per heavy atom. The first kappa shape index (κ1) is 27.4. The van der Waals surface area contributed by atoms with Gasteiger partial charge in [0.25, 0.3) is 0 Å². The number of aromatic nitrogens is 10.